The van der Waals surface area contributed by atoms with Gasteiger partial charge in [-0.05, 0) is 49.2 Å². The van der Waals surface area contributed by atoms with Crippen molar-refractivity contribution in [3.05, 3.63) is 59.4 Å². The third-order valence-corrected chi connectivity index (χ3v) is 4.56. The molecule has 9 heteroatoms. The SMILES string of the molecule is COC=C(C(=O)OC)c1cc2cc(C)c1ON2C(C)c1cccc(OC(F)(F)F)c1. The summed E-state index contributed by atoms with van der Waals surface area (Å²) in [6, 6.07) is 8.84. The van der Waals surface area contributed by atoms with Gasteiger partial charge in [0.2, 0.25) is 0 Å². The maximum absolute atomic E-state index is 12.5. The fourth-order valence-electron chi connectivity index (χ4n) is 3.21. The number of rotatable bonds is 6. The minimum atomic E-state index is -4.78. The predicted molar refractivity (Wildman–Crippen MR) is 103 cm³/mol. The molecule has 2 heterocycles. The number of nitrogens with zero attached hydrogens (tertiary/aromatic N) is 1. The average Bonchev–Trinajstić information content (AvgIpc) is 2.69. The van der Waals surface area contributed by atoms with Crippen molar-refractivity contribution in [3.8, 4) is 11.5 Å². The fourth-order valence-corrected chi connectivity index (χ4v) is 3.21. The van der Waals surface area contributed by atoms with Crippen LogP contribution in [0.4, 0.5) is 18.9 Å². The molecular weight excluding hydrogens is 403 g/mol. The highest BCUT2D eigenvalue weighted by Crippen LogP contribution is 2.43. The van der Waals surface area contributed by atoms with Crippen LogP contribution in [0.1, 0.15) is 29.7 Å². The first-order valence-corrected chi connectivity index (χ1v) is 8.93. The molecule has 2 bridgehead atoms. The second-order valence-electron chi connectivity index (χ2n) is 6.61. The molecule has 0 radical (unpaired) electrons. The summed E-state index contributed by atoms with van der Waals surface area (Å²) in [4.78, 5) is 18.1. The Morgan fingerprint density at radius 2 is 1.93 bits per heavy atom. The molecule has 4 rings (SSSR count). The molecule has 0 aromatic heterocycles. The van der Waals surface area contributed by atoms with E-state index >= 15 is 0 Å². The van der Waals surface area contributed by atoms with Gasteiger partial charge in [0.15, 0.2) is 5.75 Å². The van der Waals surface area contributed by atoms with Crippen LogP contribution in [0.15, 0.2) is 42.7 Å². The van der Waals surface area contributed by atoms with Gasteiger partial charge < -0.3 is 19.0 Å². The maximum atomic E-state index is 12.5. The number of hydroxylamine groups is 1. The van der Waals surface area contributed by atoms with E-state index < -0.39 is 18.4 Å². The lowest BCUT2D eigenvalue weighted by molar-refractivity contribution is -0.274. The van der Waals surface area contributed by atoms with E-state index in [2.05, 4.69) is 4.74 Å². The number of anilines is 1. The van der Waals surface area contributed by atoms with Crippen LogP contribution in [0.5, 0.6) is 11.5 Å². The van der Waals surface area contributed by atoms with Gasteiger partial charge in [0, 0.05) is 5.56 Å². The van der Waals surface area contributed by atoms with E-state index in [1.54, 1.807) is 24.1 Å². The highest BCUT2D eigenvalue weighted by molar-refractivity contribution is 6.17. The van der Waals surface area contributed by atoms with Crippen LogP contribution in [0.3, 0.4) is 0 Å². The molecule has 2 aromatic rings. The number of hydrogen-bond donors (Lipinski definition) is 0. The number of hydrogen-bond acceptors (Lipinski definition) is 6. The Balaban J connectivity index is 1.94. The molecule has 0 saturated heterocycles. The Morgan fingerprint density at radius 3 is 2.53 bits per heavy atom. The van der Waals surface area contributed by atoms with Gasteiger partial charge in [0.05, 0.1) is 32.2 Å². The van der Waals surface area contributed by atoms with Gasteiger partial charge >= 0.3 is 12.3 Å². The number of methoxy groups -OCH3 is 2. The van der Waals surface area contributed by atoms with Crippen LogP contribution in [0.25, 0.3) is 5.57 Å². The Morgan fingerprint density at radius 1 is 1.20 bits per heavy atom. The van der Waals surface area contributed by atoms with Crippen LogP contribution in [-0.4, -0.2) is 26.6 Å². The fraction of sp³-hybridized carbons (Fsp3) is 0.286. The van der Waals surface area contributed by atoms with E-state index in [1.165, 1.54) is 38.7 Å². The topological polar surface area (TPSA) is 57.2 Å². The highest BCUT2D eigenvalue weighted by atomic mass is 19.4. The summed E-state index contributed by atoms with van der Waals surface area (Å²) in [5.74, 6) is -0.476. The van der Waals surface area contributed by atoms with Crippen LogP contribution >= 0.6 is 0 Å². The number of alkyl halides is 3. The molecule has 0 saturated carbocycles. The number of carbonyl (C=O) groups is 1. The summed E-state index contributed by atoms with van der Waals surface area (Å²) in [5.41, 5.74) is 2.65. The van der Waals surface area contributed by atoms with Crippen LogP contribution in [0, 0.1) is 6.92 Å². The largest absolute Gasteiger partial charge is 0.573 e. The zero-order chi connectivity index (χ0) is 22.1. The smallest absolute Gasteiger partial charge is 0.503 e. The van der Waals surface area contributed by atoms with Crippen molar-refractivity contribution in [2.45, 2.75) is 26.3 Å². The number of carbonyl (C=O) groups excluding carboxylic acids is 1. The van der Waals surface area contributed by atoms with Gasteiger partial charge in [-0.25, -0.2) is 9.86 Å². The molecule has 160 valence electrons. The summed E-state index contributed by atoms with van der Waals surface area (Å²) < 4.78 is 51.4. The molecule has 0 N–H and O–H groups in total. The standard InChI is InChI=1S/C21H20F3NO5/c1-12-8-15-10-17(18(11-27-3)20(26)28-4)19(12)30-25(15)13(2)14-6-5-7-16(9-14)29-21(22,23)24/h5-11,13H,1-4H3. The Kier molecular flexibility index (Phi) is 5.82. The molecule has 0 spiro atoms. The Hall–Kier alpha value is -3.36. The van der Waals surface area contributed by atoms with Crippen molar-refractivity contribution in [1.82, 2.24) is 0 Å². The number of aryl methyl sites for hydroxylation is 1. The molecule has 6 nitrogen and oxygen atoms in total. The minimum absolute atomic E-state index is 0.188. The molecule has 0 fully saturated rings. The average molecular weight is 423 g/mol. The third-order valence-electron chi connectivity index (χ3n) is 4.56. The third kappa shape index (κ3) is 4.29. The van der Waals surface area contributed by atoms with E-state index in [-0.39, 0.29) is 11.3 Å². The highest BCUT2D eigenvalue weighted by Gasteiger charge is 2.33. The summed E-state index contributed by atoms with van der Waals surface area (Å²) in [6.45, 7) is 3.60. The molecule has 0 aliphatic carbocycles. The van der Waals surface area contributed by atoms with E-state index in [0.717, 1.165) is 5.56 Å². The Bertz CT molecular complexity index is 987. The molecule has 2 aliphatic rings. The van der Waals surface area contributed by atoms with Crippen LogP contribution in [0.2, 0.25) is 0 Å². The van der Waals surface area contributed by atoms with Crippen molar-refractivity contribution in [1.29, 1.82) is 0 Å². The first kappa shape index (κ1) is 21.4. The van der Waals surface area contributed by atoms with Crippen molar-refractivity contribution in [2.75, 3.05) is 19.3 Å². The lowest BCUT2D eigenvalue weighted by Gasteiger charge is -2.37. The summed E-state index contributed by atoms with van der Waals surface area (Å²) in [5, 5.41) is 1.56. The molecular formula is C21H20F3NO5. The summed E-state index contributed by atoms with van der Waals surface area (Å²) in [6.07, 6.45) is -3.50. The summed E-state index contributed by atoms with van der Waals surface area (Å²) >= 11 is 0. The molecule has 0 amide bonds. The lowest BCUT2D eigenvalue weighted by atomic mass is 9.99. The number of esters is 1. The van der Waals surface area contributed by atoms with Crippen LogP contribution in [-0.2, 0) is 14.3 Å². The van der Waals surface area contributed by atoms with E-state index in [9.17, 15) is 18.0 Å². The summed E-state index contributed by atoms with van der Waals surface area (Å²) in [7, 11) is 2.68. The van der Waals surface area contributed by atoms with Crippen LogP contribution < -0.4 is 14.6 Å². The van der Waals surface area contributed by atoms with E-state index in [1.807, 2.05) is 13.0 Å². The zero-order valence-electron chi connectivity index (χ0n) is 16.7. The molecule has 1 atom stereocenters. The maximum Gasteiger partial charge on any atom is 0.573 e. The first-order chi connectivity index (χ1) is 14.1. The molecule has 1 unspecified atom stereocenters. The van der Waals surface area contributed by atoms with Gasteiger partial charge in [-0.1, -0.05) is 12.1 Å². The van der Waals surface area contributed by atoms with Crippen molar-refractivity contribution in [3.63, 3.8) is 0 Å². The zero-order valence-corrected chi connectivity index (χ0v) is 16.7. The quantitative estimate of drug-likeness (QED) is 0.373. The number of benzene rings is 2. The first-order valence-electron chi connectivity index (χ1n) is 8.93. The molecule has 2 aliphatic heterocycles. The van der Waals surface area contributed by atoms with Gasteiger partial charge in [-0.2, -0.15) is 0 Å². The monoisotopic (exact) mass is 423 g/mol. The van der Waals surface area contributed by atoms with Gasteiger partial charge in [0.25, 0.3) is 0 Å². The van der Waals surface area contributed by atoms with E-state index in [0.29, 0.717) is 22.6 Å². The van der Waals surface area contributed by atoms with Gasteiger partial charge in [-0.3, -0.25) is 0 Å². The van der Waals surface area contributed by atoms with Crippen molar-refractivity contribution in [2.24, 2.45) is 0 Å². The van der Waals surface area contributed by atoms with Gasteiger partial charge in [0.1, 0.15) is 11.3 Å². The van der Waals surface area contributed by atoms with Crippen molar-refractivity contribution >= 4 is 17.2 Å². The second-order valence-corrected chi connectivity index (χ2v) is 6.61. The minimum Gasteiger partial charge on any atom is -0.503 e. The van der Waals surface area contributed by atoms with Gasteiger partial charge in [-0.15, -0.1) is 13.2 Å². The Labute approximate surface area is 171 Å². The predicted octanol–water partition coefficient (Wildman–Crippen LogP) is 4.93. The normalized spacial score (nSPS) is 14.2. The number of ether oxygens (including phenoxy) is 3. The number of fused-ring (bicyclic) bond motifs is 3. The lowest BCUT2D eigenvalue weighted by Crippen LogP contribution is -2.34. The second kappa shape index (κ2) is 8.17. The van der Waals surface area contributed by atoms with Crippen molar-refractivity contribution < 1.29 is 37.0 Å². The molecule has 30 heavy (non-hydrogen) atoms. The molecule has 2 aromatic carbocycles. The number of halogens is 3. The van der Waals surface area contributed by atoms with E-state index in [4.69, 9.17) is 14.3 Å².